The van der Waals surface area contributed by atoms with Crippen LogP contribution in [0.15, 0.2) is 48.5 Å². The van der Waals surface area contributed by atoms with Gasteiger partial charge >= 0.3 is 6.09 Å². The molecule has 5 heteroatoms. The van der Waals surface area contributed by atoms with Gasteiger partial charge in [0, 0.05) is 5.92 Å². The summed E-state index contributed by atoms with van der Waals surface area (Å²) < 4.78 is 5.58. The molecular formula is C22H23NO3S. The van der Waals surface area contributed by atoms with Gasteiger partial charge in [0.05, 0.1) is 0 Å². The van der Waals surface area contributed by atoms with Crippen LogP contribution in [-0.2, 0) is 9.53 Å². The Morgan fingerprint density at radius 1 is 0.963 bits per heavy atom. The second kappa shape index (κ2) is 7.39. The fraction of sp³-hybridized carbons (Fsp3) is 0.364. The highest BCUT2D eigenvalue weighted by molar-refractivity contribution is 7.96. The summed E-state index contributed by atoms with van der Waals surface area (Å²) in [6.45, 7) is 0.247. The van der Waals surface area contributed by atoms with Crippen LogP contribution in [0.25, 0.3) is 11.1 Å². The number of thiol groups is 1. The fourth-order valence-corrected chi connectivity index (χ4v) is 4.66. The minimum Gasteiger partial charge on any atom is -0.449 e. The third kappa shape index (κ3) is 3.36. The van der Waals surface area contributed by atoms with Crippen LogP contribution in [0.1, 0.15) is 49.1 Å². The van der Waals surface area contributed by atoms with Gasteiger partial charge in [-0.1, -0.05) is 67.8 Å². The number of ether oxygens (including phenoxy) is 1. The summed E-state index contributed by atoms with van der Waals surface area (Å²) in [6.07, 6.45) is 3.61. The molecule has 140 valence electrons. The number of amides is 1. The van der Waals surface area contributed by atoms with E-state index in [0.717, 1.165) is 19.3 Å². The molecule has 1 amide bonds. The molecule has 0 aliphatic heterocycles. The number of fused-ring (bicyclic) bond motifs is 3. The molecule has 2 aliphatic rings. The maximum atomic E-state index is 12.5. The van der Waals surface area contributed by atoms with Crippen molar-refractivity contribution >= 4 is 23.8 Å². The van der Waals surface area contributed by atoms with Gasteiger partial charge in [-0.2, -0.15) is 0 Å². The Morgan fingerprint density at radius 2 is 1.52 bits per heavy atom. The molecule has 27 heavy (non-hydrogen) atoms. The number of carbonyl (C=O) groups is 2. The molecule has 4 rings (SSSR count). The highest BCUT2D eigenvalue weighted by Gasteiger charge is 2.39. The SMILES string of the molecule is O=C(NC1(C(=O)S)CCCCC1)OCC1c2ccccc2-c2ccccc21. The Labute approximate surface area is 164 Å². The van der Waals surface area contributed by atoms with Crippen LogP contribution in [0.5, 0.6) is 0 Å². The Hall–Kier alpha value is -2.27. The molecule has 0 unspecified atom stereocenters. The molecule has 2 aliphatic carbocycles. The monoisotopic (exact) mass is 381 g/mol. The third-order valence-electron chi connectivity index (χ3n) is 5.80. The lowest BCUT2D eigenvalue weighted by molar-refractivity contribution is -0.117. The smallest absolute Gasteiger partial charge is 0.407 e. The summed E-state index contributed by atoms with van der Waals surface area (Å²) in [5.41, 5.74) is 3.84. The molecule has 1 N–H and O–H groups in total. The highest BCUT2D eigenvalue weighted by Crippen LogP contribution is 2.44. The van der Waals surface area contributed by atoms with E-state index in [-0.39, 0.29) is 17.6 Å². The Bertz CT molecular complexity index is 828. The van der Waals surface area contributed by atoms with Gasteiger partial charge in [0.1, 0.15) is 12.1 Å². The van der Waals surface area contributed by atoms with E-state index in [1.165, 1.54) is 22.3 Å². The first-order valence-electron chi connectivity index (χ1n) is 9.47. The van der Waals surface area contributed by atoms with Crippen molar-refractivity contribution in [2.45, 2.75) is 43.6 Å². The van der Waals surface area contributed by atoms with Crippen LogP contribution >= 0.6 is 12.6 Å². The second-order valence-electron chi connectivity index (χ2n) is 7.40. The predicted octanol–water partition coefficient (Wildman–Crippen LogP) is 4.68. The number of rotatable bonds is 4. The zero-order valence-electron chi connectivity index (χ0n) is 15.1. The van der Waals surface area contributed by atoms with Crippen molar-refractivity contribution in [3.05, 3.63) is 59.7 Å². The summed E-state index contributed by atoms with van der Waals surface area (Å²) in [6, 6.07) is 16.4. The normalized spacial score (nSPS) is 17.7. The maximum absolute atomic E-state index is 12.5. The molecule has 0 bridgehead atoms. The summed E-state index contributed by atoms with van der Waals surface area (Å²) >= 11 is 4.02. The van der Waals surface area contributed by atoms with E-state index in [9.17, 15) is 9.59 Å². The standard InChI is InChI=1S/C22H23NO3S/c24-20(27)22(12-6-1-7-13-22)23-21(25)26-14-19-17-10-4-2-8-15(17)16-9-3-5-11-18(16)19/h2-5,8-11,19H,1,6-7,12-14H2,(H,23,25)(H,24,27). The molecule has 0 spiro atoms. The van der Waals surface area contributed by atoms with E-state index in [2.05, 4.69) is 42.2 Å². The molecule has 4 nitrogen and oxygen atoms in total. The number of carbonyl (C=O) groups excluding carboxylic acids is 2. The van der Waals surface area contributed by atoms with Gasteiger partial charge in [0.25, 0.3) is 0 Å². The van der Waals surface area contributed by atoms with Crippen LogP contribution < -0.4 is 5.32 Å². The lowest BCUT2D eigenvalue weighted by Gasteiger charge is -2.34. The van der Waals surface area contributed by atoms with Gasteiger partial charge in [0.2, 0.25) is 5.12 Å². The lowest BCUT2D eigenvalue weighted by Crippen LogP contribution is -2.54. The first kappa shape index (κ1) is 18.1. The summed E-state index contributed by atoms with van der Waals surface area (Å²) in [5.74, 6) is 0.0113. The van der Waals surface area contributed by atoms with Crippen LogP contribution in [0.3, 0.4) is 0 Å². The number of hydrogen-bond donors (Lipinski definition) is 2. The summed E-state index contributed by atoms with van der Waals surface area (Å²) in [4.78, 5) is 24.5. The quantitative estimate of drug-likeness (QED) is 0.756. The van der Waals surface area contributed by atoms with Gasteiger partial charge in [-0.15, -0.1) is 12.6 Å². The minimum absolute atomic E-state index is 0.0113. The molecule has 0 saturated heterocycles. The zero-order valence-corrected chi connectivity index (χ0v) is 16.0. The van der Waals surface area contributed by atoms with Crippen molar-refractivity contribution in [2.75, 3.05) is 6.61 Å². The molecule has 0 atom stereocenters. The second-order valence-corrected chi connectivity index (χ2v) is 7.80. The van der Waals surface area contributed by atoms with E-state index < -0.39 is 11.6 Å². The van der Waals surface area contributed by atoms with E-state index in [1.54, 1.807) is 0 Å². The number of hydrogen-bond acceptors (Lipinski definition) is 3. The maximum Gasteiger partial charge on any atom is 0.407 e. The van der Waals surface area contributed by atoms with E-state index in [1.807, 2.05) is 24.3 Å². The average molecular weight is 381 g/mol. The number of benzene rings is 2. The van der Waals surface area contributed by atoms with Crippen molar-refractivity contribution in [1.82, 2.24) is 5.32 Å². The molecule has 2 aromatic rings. The first-order chi connectivity index (χ1) is 13.1. The molecule has 0 aromatic heterocycles. The Kier molecular flexibility index (Phi) is 4.96. The fourth-order valence-electron chi connectivity index (χ4n) is 4.38. The molecule has 1 fully saturated rings. The number of nitrogens with one attached hydrogen (secondary N) is 1. The van der Waals surface area contributed by atoms with Crippen LogP contribution in [-0.4, -0.2) is 23.4 Å². The van der Waals surface area contributed by atoms with Gasteiger partial charge in [-0.25, -0.2) is 4.79 Å². The van der Waals surface area contributed by atoms with Crippen molar-refractivity contribution in [3.63, 3.8) is 0 Å². The minimum atomic E-state index is -0.885. The predicted molar refractivity (Wildman–Crippen MR) is 108 cm³/mol. The van der Waals surface area contributed by atoms with Crippen LogP contribution in [0, 0.1) is 0 Å². The van der Waals surface area contributed by atoms with Crippen LogP contribution in [0.4, 0.5) is 4.79 Å². The number of alkyl carbamates (subject to hydrolysis) is 1. The van der Waals surface area contributed by atoms with Crippen molar-refractivity contribution < 1.29 is 14.3 Å². The van der Waals surface area contributed by atoms with Crippen molar-refractivity contribution in [3.8, 4) is 11.1 Å². The molecule has 1 saturated carbocycles. The molecule has 0 radical (unpaired) electrons. The topological polar surface area (TPSA) is 55.4 Å². The molecule has 2 aromatic carbocycles. The third-order valence-corrected chi connectivity index (χ3v) is 6.23. The van der Waals surface area contributed by atoms with Gasteiger partial charge in [-0.3, -0.25) is 4.79 Å². The van der Waals surface area contributed by atoms with E-state index in [4.69, 9.17) is 4.74 Å². The Balaban J connectivity index is 1.49. The highest BCUT2D eigenvalue weighted by atomic mass is 32.1. The van der Waals surface area contributed by atoms with Gasteiger partial charge in [0.15, 0.2) is 0 Å². The molecule has 0 heterocycles. The van der Waals surface area contributed by atoms with Crippen molar-refractivity contribution in [2.24, 2.45) is 0 Å². The zero-order chi connectivity index (χ0) is 18.9. The first-order valence-corrected chi connectivity index (χ1v) is 9.92. The average Bonchev–Trinajstić information content (AvgIpc) is 3.01. The van der Waals surface area contributed by atoms with E-state index >= 15 is 0 Å². The largest absolute Gasteiger partial charge is 0.449 e. The Morgan fingerprint density at radius 3 is 2.07 bits per heavy atom. The molecular weight excluding hydrogens is 358 g/mol. The van der Waals surface area contributed by atoms with Crippen LogP contribution in [0.2, 0.25) is 0 Å². The van der Waals surface area contributed by atoms with Gasteiger partial charge < -0.3 is 10.1 Å². The van der Waals surface area contributed by atoms with Crippen molar-refractivity contribution in [1.29, 1.82) is 0 Å². The summed E-state index contributed by atoms with van der Waals surface area (Å²) in [7, 11) is 0. The lowest BCUT2D eigenvalue weighted by atomic mass is 9.83. The van der Waals surface area contributed by atoms with E-state index in [0.29, 0.717) is 12.8 Å². The van der Waals surface area contributed by atoms with Gasteiger partial charge in [-0.05, 0) is 35.1 Å². The summed E-state index contributed by atoms with van der Waals surface area (Å²) in [5, 5.41) is 2.53.